The van der Waals surface area contributed by atoms with Gasteiger partial charge in [0.15, 0.2) is 6.29 Å². The minimum absolute atomic E-state index is 0.0341. The number of nitrogens with zero attached hydrogens (tertiary/aromatic N) is 3. The molecule has 0 spiro atoms. The van der Waals surface area contributed by atoms with Crippen LogP contribution in [-0.2, 0) is 4.79 Å². The molecule has 2 saturated heterocycles. The van der Waals surface area contributed by atoms with Crippen molar-refractivity contribution in [2.75, 3.05) is 44.2 Å². The van der Waals surface area contributed by atoms with E-state index in [-0.39, 0.29) is 6.17 Å². The third-order valence-corrected chi connectivity index (χ3v) is 8.74. The molecule has 184 valence electrons. The van der Waals surface area contributed by atoms with E-state index in [1.165, 1.54) is 69.8 Å². The van der Waals surface area contributed by atoms with Crippen LogP contribution in [0.25, 0.3) is 0 Å². The van der Waals surface area contributed by atoms with E-state index in [1.807, 2.05) is 0 Å². The lowest BCUT2D eigenvalue weighted by Gasteiger charge is -2.43. The first kappa shape index (κ1) is 24.7. The van der Waals surface area contributed by atoms with Gasteiger partial charge in [0.2, 0.25) is 0 Å². The van der Waals surface area contributed by atoms with Gasteiger partial charge in [-0.2, -0.15) is 0 Å². The van der Waals surface area contributed by atoms with Gasteiger partial charge in [0.25, 0.3) is 0 Å². The second kappa shape index (κ2) is 11.4. The largest absolute Gasteiger partial charge is 0.369 e. The normalized spacial score (nSPS) is 27.5. The van der Waals surface area contributed by atoms with Crippen molar-refractivity contribution in [1.82, 2.24) is 9.80 Å². The second-order valence-electron chi connectivity index (χ2n) is 11.8. The summed E-state index contributed by atoms with van der Waals surface area (Å²) in [6, 6.07) is 9.17. The first-order chi connectivity index (χ1) is 16.0. The summed E-state index contributed by atoms with van der Waals surface area (Å²) >= 11 is 0. The molecule has 0 aromatic heterocycles. The van der Waals surface area contributed by atoms with Crippen LogP contribution in [0.1, 0.15) is 90.0 Å². The maximum Gasteiger partial charge on any atom is 0.151 e. The predicted molar refractivity (Wildman–Crippen MR) is 139 cm³/mol. The second-order valence-corrected chi connectivity index (χ2v) is 11.8. The molecule has 0 N–H and O–H groups in total. The standard InChI is InChI=1S/C29H47N3O/c1-29(2,3)25-15-13-24(14-16-25)26-11-7-8-12-27(26)30-19-21-32(22-20-30)28(23-33)31-17-9-5-4-6-10-18-31/h7-8,11-12,23-25,28H,4-6,9-10,13-22H2,1-3H3. The lowest BCUT2D eigenvalue weighted by atomic mass is 9.68. The molecule has 1 unspecified atom stereocenters. The van der Waals surface area contributed by atoms with E-state index in [9.17, 15) is 4.79 Å². The topological polar surface area (TPSA) is 26.8 Å². The van der Waals surface area contributed by atoms with Crippen LogP contribution in [0.4, 0.5) is 5.69 Å². The number of carbonyl (C=O) groups excluding carboxylic acids is 1. The summed E-state index contributed by atoms with van der Waals surface area (Å²) in [5, 5.41) is 0. The number of carbonyl (C=O) groups is 1. The molecule has 4 nitrogen and oxygen atoms in total. The molecule has 33 heavy (non-hydrogen) atoms. The zero-order chi connectivity index (χ0) is 23.3. The van der Waals surface area contributed by atoms with Gasteiger partial charge >= 0.3 is 0 Å². The van der Waals surface area contributed by atoms with Gasteiger partial charge in [-0.05, 0) is 67.4 Å². The Kier molecular flexibility index (Phi) is 8.51. The van der Waals surface area contributed by atoms with Crippen molar-refractivity contribution in [3.8, 4) is 0 Å². The summed E-state index contributed by atoms with van der Waals surface area (Å²) in [6.45, 7) is 13.4. The van der Waals surface area contributed by atoms with Crippen LogP contribution in [0, 0.1) is 11.3 Å². The van der Waals surface area contributed by atoms with Crippen molar-refractivity contribution >= 4 is 12.0 Å². The SMILES string of the molecule is CC(C)(C)C1CCC(c2ccccc2N2CCN(C(C=O)N3CCCCCCC3)CC2)CC1. The minimum atomic E-state index is -0.0341. The smallest absolute Gasteiger partial charge is 0.151 e. The maximum atomic E-state index is 12.1. The van der Waals surface area contributed by atoms with E-state index >= 15 is 0 Å². The van der Waals surface area contributed by atoms with Crippen molar-refractivity contribution < 1.29 is 4.79 Å². The van der Waals surface area contributed by atoms with Crippen LogP contribution in [0.15, 0.2) is 24.3 Å². The highest BCUT2D eigenvalue weighted by atomic mass is 16.1. The number of piperazine rings is 1. The fourth-order valence-electron chi connectivity index (χ4n) is 6.56. The van der Waals surface area contributed by atoms with Crippen molar-refractivity contribution in [2.24, 2.45) is 11.3 Å². The number of anilines is 1. The Morgan fingerprint density at radius 1 is 0.788 bits per heavy atom. The Bertz CT molecular complexity index is 733. The van der Waals surface area contributed by atoms with Gasteiger partial charge in [-0.1, -0.05) is 58.2 Å². The molecule has 1 aromatic carbocycles. The van der Waals surface area contributed by atoms with Crippen LogP contribution in [0.2, 0.25) is 0 Å². The number of hydrogen-bond acceptors (Lipinski definition) is 4. The summed E-state index contributed by atoms with van der Waals surface area (Å²) in [4.78, 5) is 19.6. The Hall–Kier alpha value is -1.39. The van der Waals surface area contributed by atoms with Gasteiger partial charge in [0, 0.05) is 45.0 Å². The zero-order valence-corrected chi connectivity index (χ0v) is 21.5. The van der Waals surface area contributed by atoms with Crippen LogP contribution in [-0.4, -0.2) is 61.5 Å². The Morgan fingerprint density at radius 2 is 1.36 bits per heavy atom. The molecule has 4 rings (SSSR count). The summed E-state index contributed by atoms with van der Waals surface area (Å²) in [5.41, 5.74) is 3.45. The average Bonchev–Trinajstić information content (AvgIpc) is 2.81. The molecule has 0 bridgehead atoms. The number of rotatable bonds is 5. The number of likely N-dealkylation sites (tertiary alicyclic amines) is 1. The molecule has 1 saturated carbocycles. The quantitative estimate of drug-likeness (QED) is 0.517. The van der Waals surface area contributed by atoms with Crippen LogP contribution < -0.4 is 4.90 Å². The maximum absolute atomic E-state index is 12.1. The van der Waals surface area contributed by atoms with Gasteiger partial charge < -0.3 is 9.69 Å². The Morgan fingerprint density at radius 3 is 1.97 bits per heavy atom. The van der Waals surface area contributed by atoms with Crippen LogP contribution >= 0.6 is 0 Å². The summed E-state index contributed by atoms with van der Waals surface area (Å²) < 4.78 is 0. The molecular weight excluding hydrogens is 406 g/mol. The van der Waals surface area contributed by atoms with E-state index in [1.54, 1.807) is 5.56 Å². The Labute approximate surface area is 202 Å². The number of para-hydroxylation sites is 1. The van der Waals surface area contributed by atoms with Crippen molar-refractivity contribution in [2.45, 2.75) is 90.6 Å². The number of aldehydes is 1. The number of hydrogen-bond donors (Lipinski definition) is 0. The fraction of sp³-hybridized carbons (Fsp3) is 0.759. The van der Waals surface area contributed by atoms with Crippen molar-refractivity contribution in [3.05, 3.63) is 29.8 Å². The van der Waals surface area contributed by atoms with Crippen molar-refractivity contribution in [3.63, 3.8) is 0 Å². The molecule has 0 amide bonds. The Balaban J connectivity index is 1.37. The molecule has 1 atom stereocenters. The minimum Gasteiger partial charge on any atom is -0.369 e. The highest BCUT2D eigenvalue weighted by Crippen LogP contribution is 2.45. The van der Waals surface area contributed by atoms with Gasteiger partial charge in [-0.15, -0.1) is 0 Å². The van der Waals surface area contributed by atoms with E-state index in [0.717, 1.165) is 45.2 Å². The molecule has 0 radical (unpaired) electrons. The molecule has 1 aromatic rings. The van der Waals surface area contributed by atoms with Gasteiger partial charge in [0.1, 0.15) is 6.17 Å². The summed E-state index contributed by atoms with van der Waals surface area (Å²) in [6.07, 6.45) is 13.0. The van der Waals surface area contributed by atoms with Crippen molar-refractivity contribution in [1.29, 1.82) is 0 Å². The lowest BCUT2D eigenvalue weighted by molar-refractivity contribution is -0.119. The molecule has 4 heteroatoms. The van der Waals surface area contributed by atoms with E-state index in [4.69, 9.17) is 0 Å². The van der Waals surface area contributed by atoms with Gasteiger partial charge in [-0.3, -0.25) is 9.80 Å². The number of benzene rings is 1. The first-order valence-electron chi connectivity index (χ1n) is 13.7. The molecule has 1 aliphatic carbocycles. The molecular formula is C29H47N3O. The first-order valence-corrected chi connectivity index (χ1v) is 13.7. The molecule has 3 aliphatic rings. The monoisotopic (exact) mass is 453 g/mol. The fourth-order valence-corrected chi connectivity index (χ4v) is 6.56. The predicted octanol–water partition coefficient (Wildman–Crippen LogP) is 5.92. The third-order valence-electron chi connectivity index (χ3n) is 8.74. The highest BCUT2D eigenvalue weighted by Gasteiger charge is 2.33. The van der Waals surface area contributed by atoms with Gasteiger partial charge in [-0.25, -0.2) is 0 Å². The molecule has 2 aliphatic heterocycles. The highest BCUT2D eigenvalue weighted by molar-refractivity contribution is 5.58. The van der Waals surface area contributed by atoms with E-state index in [0.29, 0.717) is 11.3 Å². The average molecular weight is 454 g/mol. The summed E-state index contributed by atoms with van der Waals surface area (Å²) in [5.74, 6) is 1.55. The van der Waals surface area contributed by atoms with Crippen LogP contribution in [0.3, 0.4) is 0 Å². The van der Waals surface area contributed by atoms with E-state index < -0.39 is 0 Å². The third kappa shape index (κ3) is 6.19. The van der Waals surface area contributed by atoms with Gasteiger partial charge in [0.05, 0.1) is 0 Å². The molecule has 3 fully saturated rings. The van der Waals surface area contributed by atoms with Crippen LogP contribution in [0.5, 0.6) is 0 Å². The summed E-state index contributed by atoms with van der Waals surface area (Å²) in [7, 11) is 0. The van der Waals surface area contributed by atoms with E-state index in [2.05, 4.69) is 59.7 Å². The zero-order valence-electron chi connectivity index (χ0n) is 21.5. The lowest BCUT2D eigenvalue weighted by Crippen LogP contribution is -2.57. The molecule has 2 heterocycles.